The van der Waals surface area contributed by atoms with Crippen LogP contribution in [-0.4, -0.2) is 26.0 Å². The summed E-state index contributed by atoms with van der Waals surface area (Å²) in [6.45, 7) is 3.68. The smallest absolute Gasteiger partial charge is 0.0470 e. The second-order valence-electron chi connectivity index (χ2n) is 3.84. The quantitative estimate of drug-likeness (QED) is 0.587. The van der Waals surface area contributed by atoms with E-state index in [2.05, 4.69) is 25.1 Å². The van der Waals surface area contributed by atoms with Crippen LogP contribution in [0.15, 0.2) is 23.1 Å². The van der Waals surface area contributed by atoms with Gasteiger partial charge in [-0.3, -0.25) is 0 Å². The molecule has 3 heteroatoms. The zero-order chi connectivity index (χ0) is 11.8. The highest BCUT2D eigenvalue weighted by molar-refractivity contribution is 7.99. The summed E-state index contributed by atoms with van der Waals surface area (Å²) in [5.74, 6) is 1.11. The van der Waals surface area contributed by atoms with Gasteiger partial charge in [0.1, 0.15) is 0 Å². The minimum atomic E-state index is 0.717. The lowest BCUT2D eigenvalue weighted by Gasteiger charge is -2.09. The lowest BCUT2D eigenvalue weighted by Crippen LogP contribution is -2.04. The van der Waals surface area contributed by atoms with Gasteiger partial charge in [0.05, 0.1) is 0 Å². The van der Waals surface area contributed by atoms with Gasteiger partial charge in [0.2, 0.25) is 0 Å². The molecule has 1 aromatic carbocycles. The van der Waals surface area contributed by atoms with E-state index in [-0.39, 0.29) is 0 Å². The molecule has 2 nitrogen and oxygen atoms in total. The average Bonchev–Trinajstić information content (AvgIpc) is 2.27. The third-order valence-corrected chi connectivity index (χ3v) is 3.58. The molecular weight excluding hydrogens is 218 g/mol. The topological polar surface area (TPSA) is 35.2 Å². The highest BCUT2D eigenvalue weighted by Crippen LogP contribution is 2.24. The number of aryl methyl sites for hydroxylation is 1. The Kier molecular flexibility index (Phi) is 6.53. The zero-order valence-electron chi connectivity index (χ0n) is 10.2. The molecule has 0 spiro atoms. The predicted octanol–water partition coefficient (Wildman–Crippen LogP) is 2.62. The van der Waals surface area contributed by atoms with Gasteiger partial charge in [-0.15, -0.1) is 11.8 Å². The number of benzene rings is 1. The first-order chi connectivity index (χ1) is 7.77. The maximum absolute atomic E-state index is 5.63. The number of methoxy groups -OCH3 is 1. The van der Waals surface area contributed by atoms with Gasteiger partial charge in [-0.05, 0) is 37.9 Å². The van der Waals surface area contributed by atoms with Crippen molar-refractivity contribution >= 4 is 11.8 Å². The molecule has 0 bridgehead atoms. The number of rotatable bonds is 7. The monoisotopic (exact) mass is 239 g/mol. The van der Waals surface area contributed by atoms with Crippen LogP contribution in [0.5, 0.6) is 0 Å². The highest BCUT2D eigenvalue weighted by atomic mass is 32.2. The summed E-state index contributed by atoms with van der Waals surface area (Å²) in [6.07, 6.45) is 2.06. The fraction of sp³-hybridized carbons (Fsp3) is 0.538. The van der Waals surface area contributed by atoms with Crippen molar-refractivity contribution in [3.05, 3.63) is 29.3 Å². The van der Waals surface area contributed by atoms with Crippen LogP contribution in [0.25, 0.3) is 0 Å². The third kappa shape index (κ3) is 4.56. The molecule has 0 amide bonds. The van der Waals surface area contributed by atoms with Crippen molar-refractivity contribution in [2.45, 2.75) is 24.7 Å². The Balaban J connectivity index is 2.56. The molecule has 0 saturated heterocycles. The fourth-order valence-corrected chi connectivity index (χ4v) is 2.58. The molecule has 2 N–H and O–H groups in total. The summed E-state index contributed by atoms with van der Waals surface area (Å²) in [6, 6.07) is 6.61. The van der Waals surface area contributed by atoms with Crippen LogP contribution in [0.1, 0.15) is 17.5 Å². The third-order valence-electron chi connectivity index (χ3n) is 2.38. The minimum Gasteiger partial charge on any atom is -0.385 e. The molecular formula is C13H21NOS. The Bertz CT molecular complexity index is 315. The molecule has 0 fully saturated rings. The van der Waals surface area contributed by atoms with Gasteiger partial charge in [-0.1, -0.05) is 17.7 Å². The van der Waals surface area contributed by atoms with Crippen molar-refractivity contribution in [2.24, 2.45) is 5.73 Å². The minimum absolute atomic E-state index is 0.717. The Morgan fingerprint density at radius 3 is 2.88 bits per heavy atom. The van der Waals surface area contributed by atoms with Crippen LogP contribution >= 0.6 is 11.8 Å². The second kappa shape index (κ2) is 7.71. The van der Waals surface area contributed by atoms with Crippen LogP contribution in [0.3, 0.4) is 0 Å². The summed E-state index contributed by atoms with van der Waals surface area (Å²) in [5, 5.41) is 0. The van der Waals surface area contributed by atoms with E-state index in [1.807, 2.05) is 11.8 Å². The molecule has 90 valence electrons. The first-order valence-electron chi connectivity index (χ1n) is 5.69. The second-order valence-corrected chi connectivity index (χ2v) is 4.98. The van der Waals surface area contributed by atoms with Gasteiger partial charge >= 0.3 is 0 Å². The average molecular weight is 239 g/mol. The maximum atomic E-state index is 5.63. The van der Waals surface area contributed by atoms with Crippen LogP contribution < -0.4 is 5.73 Å². The molecule has 16 heavy (non-hydrogen) atoms. The fourth-order valence-electron chi connectivity index (χ4n) is 1.59. The van der Waals surface area contributed by atoms with E-state index >= 15 is 0 Å². The molecule has 0 aliphatic rings. The summed E-state index contributed by atoms with van der Waals surface area (Å²) in [7, 11) is 1.75. The van der Waals surface area contributed by atoms with E-state index in [1.165, 1.54) is 16.0 Å². The molecule has 1 aromatic rings. The predicted molar refractivity (Wildman–Crippen MR) is 71.2 cm³/mol. The van der Waals surface area contributed by atoms with Gasteiger partial charge in [0, 0.05) is 24.4 Å². The SMILES string of the molecule is COCCCSc1ccc(C)cc1CCN. The number of nitrogens with two attached hydrogens (primary N) is 1. The Labute approximate surface area is 103 Å². The lowest BCUT2D eigenvalue weighted by molar-refractivity contribution is 0.200. The van der Waals surface area contributed by atoms with Crippen molar-refractivity contribution in [1.29, 1.82) is 0 Å². The maximum Gasteiger partial charge on any atom is 0.0470 e. The number of thioether (sulfide) groups is 1. The van der Waals surface area contributed by atoms with Gasteiger partial charge < -0.3 is 10.5 Å². The molecule has 0 atom stereocenters. The molecule has 0 radical (unpaired) electrons. The van der Waals surface area contributed by atoms with Crippen LogP contribution in [0.2, 0.25) is 0 Å². The Morgan fingerprint density at radius 1 is 1.38 bits per heavy atom. The molecule has 0 unspecified atom stereocenters. The van der Waals surface area contributed by atoms with E-state index in [0.29, 0.717) is 0 Å². The van der Waals surface area contributed by atoms with Gasteiger partial charge in [-0.2, -0.15) is 0 Å². The van der Waals surface area contributed by atoms with Crippen LogP contribution in [-0.2, 0) is 11.2 Å². The summed E-state index contributed by atoms with van der Waals surface area (Å²) in [4.78, 5) is 1.37. The van der Waals surface area contributed by atoms with E-state index in [1.54, 1.807) is 7.11 Å². The normalized spacial score (nSPS) is 10.7. The molecule has 0 aliphatic heterocycles. The number of ether oxygens (including phenoxy) is 1. The molecule has 0 aliphatic carbocycles. The van der Waals surface area contributed by atoms with E-state index in [9.17, 15) is 0 Å². The summed E-state index contributed by atoms with van der Waals surface area (Å²) < 4.78 is 5.04. The summed E-state index contributed by atoms with van der Waals surface area (Å²) in [5.41, 5.74) is 8.32. The number of hydrogen-bond donors (Lipinski definition) is 1. The molecule has 0 aromatic heterocycles. The molecule has 0 heterocycles. The Morgan fingerprint density at radius 2 is 2.19 bits per heavy atom. The van der Waals surface area contributed by atoms with E-state index in [4.69, 9.17) is 10.5 Å². The lowest BCUT2D eigenvalue weighted by atomic mass is 10.1. The largest absolute Gasteiger partial charge is 0.385 e. The van der Waals surface area contributed by atoms with Gasteiger partial charge in [-0.25, -0.2) is 0 Å². The highest BCUT2D eigenvalue weighted by Gasteiger charge is 2.02. The van der Waals surface area contributed by atoms with Crippen molar-refractivity contribution in [1.82, 2.24) is 0 Å². The van der Waals surface area contributed by atoms with Crippen molar-refractivity contribution in [2.75, 3.05) is 26.0 Å². The molecule has 0 saturated carbocycles. The number of hydrogen-bond acceptors (Lipinski definition) is 3. The van der Waals surface area contributed by atoms with Crippen LogP contribution in [0.4, 0.5) is 0 Å². The van der Waals surface area contributed by atoms with E-state index < -0.39 is 0 Å². The van der Waals surface area contributed by atoms with Crippen molar-refractivity contribution in [3.63, 3.8) is 0 Å². The summed E-state index contributed by atoms with van der Waals surface area (Å²) >= 11 is 1.90. The van der Waals surface area contributed by atoms with Gasteiger partial charge in [0.15, 0.2) is 0 Å². The van der Waals surface area contributed by atoms with Crippen LogP contribution in [0, 0.1) is 6.92 Å². The first-order valence-corrected chi connectivity index (χ1v) is 6.68. The zero-order valence-corrected chi connectivity index (χ0v) is 11.0. The van der Waals surface area contributed by atoms with E-state index in [0.717, 1.165) is 31.7 Å². The molecule has 1 rings (SSSR count). The van der Waals surface area contributed by atoms with Crippen molar-refractivity contribution < 1.29 is 4.74 Å². The standard InChI is InChI=1S/C13H21NOS/c1-11-4-5-13(12(10-11)6-7-14)16-9-3-8-15-2/h4-5,10H,3,6-9,14H2,1-2H3. The van der Waals surface area contributed by atoms with Crippen molar-refractivity contribution in [3.8, 4) is 0 Å². The van der Waals surface area contributed by atoms with Gasteiger partial charge in [0.25, 0.3) is 0 Å². The first kappa shape index (κ1) is 13.6. The Hall–Kier alpha value is -0.510.